The molecule has 5 heteroatoms. The van der Waals surface area contributed by atoms with Gasteiger partial charge in [0.1, 0.15) is 0 Å². The number of carbonyl (C=O) groups excluding carboxylic acids is 1. The monoisotopic (exact) mass is 271 g/mol. The first-order chi connectivity index (χ1) is 9.08. The molecule has 1 fully saturated rings. The molecule has 19 heavy (non-hydrogen) atoms. The highest BCUT2D eigenvalue weighted by Gasteiger charge is 2.21. The fourth-order valence-electron chi connectivity index (χ4n) is 2.41. The van der Waals surface area contributed by atoms with Crippen molar-refractivity contribution in [3.8, 4) is 0 Å². The minimum Gasteiger partial charge on any atom is -0.379 e. The predicted molar refractivity (Wildman–Crippen MR) is 77.2 cm³/mol. The van der Waals surface area contributed by atoms with Gasteiger partial charge in [-0.15, -0.1) is 0 Å². The van der Waals surface area contributed by atoms with Crippen molar-refractivity contribution < 1.29 is 9.53 Å². The predicted octanol–water partition coefficient (Wildman–Crippen LogP) is 0.554. The van der Waals surface area contributed by atoms with E-state index >= 15 is 0 Å². The summed E-state index contributed by atoms with van der Waals surface area (Å²) in [6.45, 7) is 10.8. The summed E-state index contributed by atoms with van der Waals surface area (Å²) in [4.78, 5) is 16.1. The van der Waals surface area contributed by atoms with Gasteiger partial charge in [0.15, 0.2) is 0 Å². The molecule has 112 valence electrons. The second-order valence-electron chi connectivity index (χ2n) is 5.29. The van der Waals surface area contributed by atoms with Crippen LogP contribution in [-0.2, 0) is 9.53 Å². The quantitative estimate of drug-likeness (QED) is 0.735. The Morgan fingerprint density at radius 1 is 1.42 bits per heavy atom. The zero-order valence-electron chi connectivity index (χ0n) is 12.8. The molecule has 1 saturated heterocycles. The lowest BCUT2D eigenvalue weighted by atomic mass is 10.1. The van der Waals surface area contributed by atoms with Crippen LogP contribution >= 0.6 is 0 Å². The van der Waals surface area contributed by atoms with Crippen LogP contribution in [0, 0.1) is 0 Å². The standard InChI is InChI=1S/C14H29N3O2/c1-5-17(6-2)14(18)10-16(4)12(3)9-13-11-19-8-7-15-13/h12-13,15H,5-11H2,1-4H3. The summed E-state index contributed by atoms with van der Waals surface area (Å²) < 4.78 is 5.46. The van der Waals surface area contributed by atoms with Crippen molar-refractivity contribution in [1.82, 2.24) is 15.1 Å². The molecular weight excluding hydrogens is 242 g/mol. The van der Waals surface area contributed by atoms with Gasteiger partial charge in [-0.1, -0.05) is 0 Å². The van der Waals surface area contributed by atoms with E-state index < -0.39 is 0 Å². The van der Waals surface area contributed by atoms with E-state index in [9.17, 15) is 4.79 Å². The lowest BCUT2D eigenvalue weighted by Gasteiger charge is -2.31. The largest absolute Gasteiger partial charge is 0.379 e. The van der Waals surface area contributed by atoms with Gasteiger partial charge in [-0.25, -0.2) is 0 Å². The number of amides is 1. The SMILES string of the molecule is CCN(CC)C(=O)CN(C)C(C)CC1COCCN1. The number of carbonyl (C=O) groups is 1. The Labute approximate surface area is 117 Å². The summed E-state index contributed by atoms with van der Waals surface area (Å²) in [6.07, 6.45) is 1.02. The Balaban J connectivity index is 2.34. The lowest BCUT2D eigenvalue weighted by molar-refractivity contribution is -0.132. The molecule has 0 aromatic carbocycles. The summed E-state index contributed by atoms with van der Waals surface area (Å²) in [5.41, 5.74) is 0. The number of rotatable bonds is 7. The first-order valence-corrected chi connectivity index (χ1v) is 7.37. The molecule has 0 aromatic rings. The van der Waals surface area contributed by atoms with Gasteiger partial charge in [0.2, 0.25) is 5.91 Å². The van der Waals surface area contributed by atoms with Crippen LogP contribution in [-0.4, -0.2) is 74.2 Å². The van der Waals surface area contributed by atoms with Crippen molar-refractivity contribution in [1.29, 1.82) is 0 Å². The van der Waals surface area contributed by atoms with E-state index in [1.807, 2.05) is 25.8 Å². The normalized spacial score (nSPS) is 21.4. The van der Waals surface area contributed by atoms with Gasteiger partial charge in [-0.3, -0.25) is 9.69 Å². The van der Waals surface area contributed by atoms with Crippen LogP contribution in [0.4, 0.5) is 0 Å². The number of nitrogens with one attached hydrogen (secondary N) is 1. The van der Waals surface area contributed by atoms with Crippen molar-refractivity contribution in [2.24, 2.45) is 0 Å². The van der Waals surface area contributed by atoms with Crippen molar-refractivity contribution in [3.05, 3.63) is 0 Å². The third-order valence-electron chi connectivity index (χ3n) is 3.88. The van der Waals surface area contributed by atoms with Gasteiger partial charge in [-0.2, -0.15) is 0 Å². The molecule has 5 nitrogen and oxygen atoms in total. The molecule has 2 unspecified atom stereocenters. The Morgan fingerprint density at radius 2 is 2.11 bits per heavy atom. The number of ether oxygens (including phenoxy) is 1. The van der Waals surface area contributed by atoms with Gasteiger partial charge in [-0.05, 0) is 34.2 Å². The average Bonchev–Trinajstić information content (AvgIpc) is 2.41. The summed E-state index contributed by atoms with van der Waals surface area (Å²) >= 11 is 0. The molecule has 2 atom stereocenters. The molecule has 0 saturated carbocycles. The molecule has 0 aromatic heterocycles. The van der Waals surface area contributed by atoms with Crippen LogP contribution in [0.15, 0.2) is 0 Å². The van der Waals surface area contributed by atoms with Gasteiger partial charge in [0.25, 0.3) is 0 Å². The molecule has 1 rings (SSSR count). The van der Waals surface area contributed by atoms with Crippen LogP contribution < -0.4 is 5.32 Å². The average molecular weight is 271 g/mol. The zero-order chi connectivity index (χ0) is 14.3. The van der Waals surface area contributed by atoms with E-state index in [0.29, 0.717) is 18.6 Å². The second kappa shape index (κ2) is 8.51. The van der Waals surface area contributed by atoms with Gasteiger partial charge in [0.05, 0.1) is 19.8 Å². The Morgan fingerprint density at radius 3 is 2.63 bits per heavy atom. The maximum atomic E-state index is 12.1. The van der Waals surface area contributed by atoms with E-state index in [4.69, 9.17) is 4.74 Å². The van der Waals surface area contributed by atoms with E-state index in [1.54, 1.807) is 0 Å². The molecule has 1 N–H and O–H groups in total. The minimum absolute atomic E-state index is 0.215. The fraction of sp³-hybridized carbons (Fsp3) is 0.929. The first-order valence-electron chi connectivity index (χ1n) is 7.37. The van der Waals surface area contributed by atoms with Crippen LogP contribution in [0.1, 0.15) is 27.2 Å². The lowest BCUT2D eigenvalue weighted by Crippen LogP contribution is -2.47. The molecule has 0 radical (unpaired) electrons. The molecule has 1 aliphatic rings. The summed E-state index contributed by atoms with van der Waals surface area (Å²) in [7, 11) is 2.02. The van der Waals surface area contributed by atoms with Gasteiger partial charge < -0.3 is 15.0 Å². The fourth-order valence-corrected chi connectivity index (χ4v) is 2.41. The third-order valence-corrected chi connectivity index (χ3v) is 3.88. The molecular formula is C14H29N3O2. The van der Waals surface area contributed by atoms with E-state index in [1.165, 1.54) is 0 Å². The smallest absolute Gasteiger partial charge is 0.236 e. The molecule has 1 aliphatic heterocycles. The molecule has 0 aliphatic carbocycles. The van der Waals surface area contributed by atoms with Gasteiger partial charge >= 0.3 is 0 Å². The Bertz CT molecular complexity index is 263. The van der Waals surface area contributed by atoms with E-state index in [2.05, 4.69) is 17.1 Å². The summed E-state index contributed by atoms with van der Waals surface area (Å²) in [5, 5.41) is 3.46. The Hall–Kier alpha value is -0.650. The van der Waals surface area contributed by atoms with Crippen molar-refractivity contribution in [3.63, 3.8) is 0 Å². The number of hydrogen-bond acceptors (Lipinski definition) is 4. The highest BCUT2D eigenvalue weighted by molar-refractivity contribution is 5.78. The van der Waals surface area contributed by atoms with Crippen molar-refractivity contribution >= 4 is 5.91 Å². The number of likely N-dealkylation sites (N-methyl/N-ethyl adjacent to an activating group) is 2. The third kappa shape index (κ3) is 5.47. The van der Waals surface area contributed by atoms with Gasteiger partial charge in [0, 0.05) is 31.7 Å². The second-order valence-corrected chi connectivity index (χ2v) is 5.29. The maximum absolute atomic E-state index is 12.1. The maximum Gasteiger partial charge on any atom is 0.236 e. The number of morpholine rings is 1. The minimum atomic E-state index is 0.215. The van der Waals surface area contributed by atoms with Crippen LogP contribution in [0.5, 0.6) is 0 Å². The topological polar surface area (TPSA) is 44.8 Å². The molecule has 0 bridgehead atoms. The molecule has 0 spiro atoms. The van der Waals surface area contributed by atoms with Crippen molar-refractivity contribution in [2.75, 3.05) is 46.4 Å². The number of hydrogen-bond donors (Lipinski definition) is 1. The van der Waals surface area contributed by atoms with Crippen LogP contribution in [0.25, 0.3) is 0 Å². The number of nitrogens with zero attached hydrogens (tertiary/aromatic N) is 2. The van der Waals surface area contributed by atoms with Crippen molar-refractivity contribution in [2.45, 2.75) is 39.3 Å². The van der Waals surface area contributed by atoms with E-state index in [-0.39, 0.29) is 5.91 Å². The summed E-state index contributed by atoms with van der Waals surface area (Å²) in [5.74, 6) is 0.215. The van der Waals surface area contributed by atoms with Crippen LogP contribution in [0.3, 0.4) is 0 Å². The van der Waals surface area contributed by atoms with Crippen LogP contribution in [0.2, 0.25) is 0 Å². The molecule has 1 amide bonds. The van der Waals surface area contributed by atoms with E-state index in [0.717, 1.165) is 39.3 Å². The highest BCUT2D eigenvalue weighted by atomic mass is 16.5. The Kier molecular flexibility index (Phi) is 7.34. The highest BCUT2D eigenvalue weighted by Crippen LogP contribution is 2.08. The summed E-state index contributed by atoms with van der Waals surface area (Å²) in [6, 6.07) is 0.786. The zero-order valence-corrected chi connectivity index (χ0v) is 12.8. The first kappa shape index (κ1) is 16.4. The molecule has 1 heterocycles.